The lowest BCUT2D eigenvalue weighted by molar-refractivity contribution is -0.118. The molecule has 8 heteroatoms. The molecule has 3 aromatic rings. The summed E-state index contributed by atoms with van der Waals surface area (Å²) in [5.41, 5.74) is 2.84. The Labute approximate surface area is 203 Å². The van der Waals surface area contributed by atoms with E-state index in [9.17, 15) is 14.9 Å². The minimum atomic E-state index is -0.628. The summed E-state index contributed by atoms with van der Waals surface area (Å²) < 4.78 is 5.45. The molecule has 3 heterocycles. The molecule has 0 saturated carbocycles. The first kappa shape index (κ1) is 22.4. The van der Waals surface area contributed by atoms with Gasteiger partial charge in [-0.15, -0.1) is 0 Å². The molecular formula is C27H25N5O3. The van der Waals surface area contributed by atoms with Crippen LogP contribution >= 0.6 is 0 Å². The number of nitrogens with zero attached hydrogens (tertiary/aromatic N) is 5. The Morgan fingerprint density at radius 1 is 1.00 bits per heavy atom. The fourth-order valence-corrected chi connectivity index (χ4v) is 4.76. The van der Waals surface area contributed by atoms with Crippen molar-refractivity contribution in [1.82, 2.24) is 4.98 Å². The van der Waals surface area contributed by atoms with Crippen LogP contribution in [0.5, 0.6) is 0 Å². The van der Waals surface area contributed by atoms with Crippen LogP contribution in [0.25, 0.3) is 10.9 Å². The van der Waals surface area contributed by atoms with Gasteiger partial charge in [0.05, 0.1) is 16.9 Å². The third kappa shape index (κ3) is 3.95. The average Bonchev–Trinajstić information content (AvgIpc) is 3.51. The molecule has 176 valence electrons. The van der Waals surface area contributed by atoms with Crippen LogP contribution in [-0.2, 0) is 9.53 Å². The van der Waals surface area contributed by atoms with Gasteiger partial charge in [0.2, 0.25) is 5.78 Å². The summed E-state index contributed by atoms with van der Waals surface area (Å²) in [5.74, 6) is -0.154. The van der Waals surface area contributed by atoms with Gasteiger partial charge >= 0.3 is 5.97 Å². The Balaban J connectivity index is 1.41. The van der Waals surface area contributed by atoms with Crippen molar-refractivity contribution in [2.75, 3.05) is 48.5 Å². The molecule has 2 aliphatic heterocycles. The predicted molar refractivity (Wildman–Crippen MR) is 134 cm³/mol. The molecule has 0 aliphatic carbocycles. The maximum absolute atomic E-state index is 13.1. The summed E-state index contributed by atoms with van der Waals surface area (Å²) in [6.07, 6.45) is 2.06. The van der Waals surface area contributed by atoms with Crippen molar-refractivity contribution in [3.05, 3.63) is 71.6 Å². The highest BCUT2D eigenvalue weighted by Crippen LogP contribution is 2.40. The molecular weight excluding hydrogens is 442 g/mol. The number of rotatable bonds is 5. The highest BCUT2D eigenvalue weighted by Gasteiger charge is 2.32. The second-order valence-corrected chi connectivity index (χ2v) is 8.66. The van der Waals surface area contributed by atoms with Gasteiger partial charge in [0, 0.05) is 32.6 Å². The van der Waals surface area contributed by atoms with Gasteiger partial charge in [-0.05, 0) is 37.1 Å². The van der Waals surface area contributed by atoms with Gasteiger partial charge in [-0.25, -0.2) is 9.78 Å². The van der Waals surface area contributed by atoms with E-state index in [0.29, 0.717) is 17.2 Å². The van der Waals surface area contributed by atoms with E-state index in [4.69, 9.17) is 9.72 Å². The van der Waals surface area contributed by atoms with Crippen molar-refractivity contribution in [3.8, 4) is 6.07 Å². The van der Waals surface area contributed by atoms with Crippen LogP contribution in [0.1, 0.15) is 23.2 Å². The lowest BCUT2D eigenvalue weighted by Gasteiger charge is -2.21. The molecule has 0 radical (unpaired) electrons. The first-order valence-corrected chi connectivity index (χ1v) is 11.6. The van der Waals surface area contributed by atoms with Gasteiger partial charge < -0.3 is 19.4 Å². The van der Waals surface area contributed by atoms with Crippen LogP contribution in [0, 0.1) is 11.3 Å². The fraction of sp³-hybridized carbons (Fsp3) is 0.259. The summed E-state index contributed by atoms with van der Waals surface area (Å²) in [5, 5.41) is 10.6. The Hall–Kier alpha value is -4.38. The molecule has 2 aromatic carbocycles. The van der Waals surface area contributed by atoms with Crippen molar-refractivity contribution >= 4 is 39.8 Å². The predicted octanol–water partition coefficient (Wildman–Crippen LogP) is 3.88. The summed E-state index contributed by atoms with van der Waals surface area (Å²) in [7, 11) is 3.61. The number of para-hydroxylation sites is 3. The second kappa shape index (κ2) is 9.11. The summed E-state index contributed by atoms with van der Waals surface area (Å²) >= 11 is 0. The number of ketones is 1. The minimum absolute atomic E-state index is 0.0598. The Morgan fingerprint density at radius 2 is 1.63 bits per heavy atom. The normalized spacial score (nSPS) is 14.8. The standard InChI is InChI=1S/C27H25N5O3/c1-30-22-11-5-6-12-23(22)31(2)26(30)20(16-28)24(33)17-35-27(34)19-15-18-9-3-4-10-21(18)29-25(19)32-13-7-8-14-32/h3-6,9-12,15H,7-8,13-14,17H2,1-2H3. The Morgan fingerprint density at radius 3 is 2.29 bits per heavy atom. The quantitative estimate of drug-likeness (QED) is 0.317. The van der Waals surface area contributed by atoms with Crippen LogP contribution in [0.15, 0.2) is 66.0 Å². The molecule has 0 amide bonds. The van der Waals surface area contributed by atoms with E-state index >= 15 is 0 Å². The van der Waals surface area contributed by atoms with Gasteiger partial charge in [0.25, 0.3) is 0 Å². The van der Waals surface area contributed by atoms with Crippen LogP contribution in [0.3, 0.4) is 0 Å². The number of anilines is 3. The number of pyridine rings is 1. The number of esters is 1. The summed E-state index contributed by atoms with van der Waals surface area (Å²) in [4.78, 5) is 36.6. The van der Waals surface area contributed by atoms with E-state index < -0.39 is 18.4 Å². The molecule has 1 aromatic heterocycles. The number of carbonyl (C=O) groups is 2. The second-order valence-electron chi connectivity index (χ2n) is 8.66. The van der Waals surface area contributed by atoms with Gasteiger partial charge in [0.15, 0.2) is 6.61 Å². The molecule has 1 saturated heterocycles. The van der Waals surface area contributed by atoms with Gasteiger partial charge in [-0.1, -0.05) is 30.3 Å². The van der Waals surface area contributed by atoms with E-state index in [1.165, 1.54) is 0 Å². The highest BCUT2D eigenvalue weighted by atomic mass is 16.5. The SMILES string of the molecule is CN1C(=C(C#N)C(=O)COC(=O)c2cc3ccccc3nc2N2CCCC2)N(C)c2ccccc21. The molecule has 1 fully saturated rings. The summed E-state index contributed by atoms with van der Waals surface area (Å²) in [6.45, 7) is 1.10. The van der Waals surface area contributed by atoms with Crippen LogP contribution in [0.4, 0.5) is 17.2 Å². The summed E-state index contributed by atoms with van der Waals surface area (Å²) in [6, 6.07) is 19.0. The topological polar surface area (TPSA) is 89.8 Å². The number of ether oxygens (including phenoxy) is 1. The molecule has 35 heavy (non-hydrogen) atoms. The van der Waals surface area contributed by atoms with Crippen molar-refractivity contribution in [3.63, 3.8) is 0 Å². The monoisotopic (exact) mass is 467 g/mol. The van der Waals surface area contributed by atoms with E-state index in [1.807, 2.05) is 54.6 Å². The minimum Gasteiger partial charge on any atom is -0.454 e. The number of nitriles is 1. The fourth-order valence-electron chi connectivity index (χ4n) is 4.76. The maximum Gasteiger partial charge on any atom is 0.342 e. The molecule has 0 unspecified atom stereocenters. The smallest absolute Gasteiger partial charge is 0.342 e. The van der Waals surface area contributed by atoms with Gasteiger partial charge in [-0.2, -0.15) is 5.26 Å². The lowest BCUT2D eigenvalue weighted by atomic mass is 10.1. The molecule has 0 bridgehead atoms. The van der Waals surface area contributed by atoms with Crippen LogP contribution in [0.2, 0.25) is 0 Å². The highest BCUT2D eigenvalue weighted by molar-refractivity contribution is 6.05. The van der Waals surface area contributed by atoms with Gasteiger partial charge in [0.1, 0.15) is 28.8 Å². The van der Waals surface area contributed by atoms with E-state index in [2.05, 4.69) is 4.90 Å². The first-order valence-electron chi connectivity index (χ1n) is 11.6. The van der Waals surface area contributed by atoms with Crippen molar-refractivity contribution in [2.45, 2.75) is 12.8 Å². The third-order valence-electron chi connectivity index (χ3n) is 6.52. The van der Waals surface area contributed by atoms with E-state index in [0.717, 1.165) is 48.2 Å². The van der Waals surface area contributed by atoms with E-state index in [-0.39, 0.29) is 5.57 Å². The number of benzene rings is 2. The average molecular weight is 468 g/mol. The maximum atomic E-state index is 13.1. The number of aromatic nitrogens is 1. The number of fused-ring (bicyclic) bond motifs is 2. The van der Waals surface area contributed by atoms with Crippen LogP contribution in [-0.4, -0.2) is 50.5 Å². The van der Waals surface area contributed by atoms with Gasteiger partial charge in [-0.3, -0.25) is 4.79 Å². The van der Waals surface area contributed by atoms with Crippen LogP contribution < -0.4 is 14.7 Å². The number of carbonyl (C=O) groups excluding carboxylic acids is 2. The Kier molecular flexibility index (Phi) is 5.83. The molecule has 2 aliphatic rings. The third-order valence-corrected chi connectivity index (χ3v) is 6.52. The zero-order valence-corrected chi connectivity index (χ0v) is 19.7. The number of hydrogen-bond acceptors (Lipinski definition) is 8. The van der Waals surface area contributed by atoms with E-state index in [1.54, 1.807) is 30.0 Å². The molecule has 0 N–H and O–H groups in total. The molecule has 5 rings (SSSR count). The zero-order chi connectivity index (χ0) is 24.5. The van der Waals surface area contributed by atoms with Crippen molar-refractivity contribution in [1.29, 1.82) is 5.26 Å². The number of Topliss-reactive ketones (excluding diaryl/α,β-unsaturated/α-hetero) is 1. The van der Waals surface area contributed by atoms with Crippen molar-refractivity contribution in [2.24, 2.45) is 0 Å². The van der Waals surface area contributed by atoms with Crippen molar-refractivity contribution < 1.29 is 14.3 Å². The molecule has 0 atom stereocenters. The lowest BCUT2D eigenvalue weighted by Crippen LogP contribution is -2.28. The number of hydrogen-bond donors (Lipinski definition) is 0. The zero-order valence-electron chi connectivity index (χ0n) is 19.7. The largest absolute Gasteiger partial charge is 0.454 e. The molecule has 8 nitrogen and oxygen atoms in total. The Bertz CT molecular complexity index is 1370. The first-order chi connectivity index (χ1) is 17.0. The molecule has 0 spiro atoms.